The molecule has 0 radical (unpaired) electrons. The molecule has 0 aliphatic heterocycles. The largest absolute Gasteiger partial charge is 0.123 e. The van der Waals surface area contributed by atoms with E-state index in [4.69, 9.17) is 11.6 Å². The second kappa shape index (κ2) is 5.27. The fraction of sp³-hybridized carbons (Fsp3) is 0.538. The zero-order chi connectivity index (χ0) is 10.7. The molecule has 0 unspecified atom stereocenters. The van der Waals surface area contributed by atoms with Gasteiger partial charge >= 0.3 is 0 Å². The Morgan fingerprint density at radius 1 is 1.13 bits per heavy atom. The molecule has 0 saturated heterocycles. The van der Waals surface area contributed by atoms with Gasteiger partial charge < -0.3 is 0 Å². The summed E-state index contributed by atoms with van der Waals surface area (Å²) < 4.78 is 0. The van der Waals surface area contributed by atoms with E-state index in [9.17, 15) is 0 Å². The van der Waals surface area contributed by atoms with Crippen molar-refractivity contribution < 1.29 is 0 Å². The Morgan fingerprint density at radius 3 is 2.53 bits per heavy atom. The molecule has 0 atom stereocenters. The average Bonchev–Trinajstić information content (AvgIpc) is 2.17. The molecule has 0 spiro atoms. The van der Waals surface area contributed by atoms with E-state index in [0.29, 0.717) is 0 Å². The molecule has 0 bridgehead atoms. The van der Waals surface area contributed by atoms with Crippen LogP contribution in [0.2, 0.25) is 5.02 Å². The van der Waals surface area contributed by atoms with Crippen LogP contribution in [-0.4, -0.2) is 5.25 Å². The maximum Gasteiger partial charge on any atom is 0.0419 e. The van der Waals surface area contributed by atoms with Gasteiger partial charge in [0.15, 0.2) is 0 Å². The molecule has 2 rings (SSSR count). The number of thioether (sulfide) groups is 1. The van der Waals surface area contributed by atoms with Gasteiger partial charge in [0.05, 0.1) is 0 Å². The summed E-state index contributed by atoms with van der Waals surface area (Å²) in [5.41, 5.74) is 1.26. The van der Waals surface area contributed by atoms with Gasteiger partial charge in [-0.25, -0.2) is 0 Å². The lowest BCUT2D eigenvalue weighted by Crippen LogP contribution is -2.07. The summed E-state index contributed by atoms with van der Waals surface area (Å²) in [5, 5.41) is 1.69. The predicted molar refractivity (Wildman–Crippen MR) is 68.9 cm³/mol. The summed E-state index contributed by atoms with van der Waals surface area (Å²) in [6.07, 6.45) is 6.96. The lowest BCUT2D eigenvalue weighted by Gasteiger charge is -2.21. The highest BCUT2D eigenvalue weighted by Crippen LogP contribution is 2.34. The number of rotatable bonds is 2. The van der Waals surface area contributed by atoms with Crippen LogP contribution in [0.25, 0.3) is 0 Å². The van der Waals surface area contributed by atoms with E-state index in [2.05, 4.69) is 19.1 Å². The zero-order valence-electron chi connectivity index (χ0n) is 9.13. The minimum atomic E-state index is 0.816. The lowest BCUT2D eigenvalue weighted by atomic mass is 10.0. The standard InChI is InChI=1S/C13H17ClS/c1-10-7-11(14)9-13(8-10)15-12-5-3-2-4-6-12/h7-9,12H,2-6H2,1H3. The molecule has 1 aliphatic carbocycles. The van der Waals surface area contributed by atoms with Gasteiger partial charge in [0.1, 0.15) is 0 Å². The van der Waals surface area contributed by atoms with Crippen LogP contribution < -0.4 is 0 Å². The highest BCUT2D eigenvalue weighted by Gasteiger charge is 2.14. The molecule has 0 nitrogen and oxygen atoms in total. The lowest BCUT2D eigenvalue weighted by molar-refractivity contribution is 0.516. The van der Waals surface area contributed by atoms with Crippen LogP contribution in [0.5, 0.6) is 0 Å². The molecule has 1 aromatic rings. The first kappa shape index (κ1) is 11.3. The third kappa shape index (κ3) is 3.42. The van der Waals surface area contributed by atoms with E-state index in [1.54, 1.807) is 0 Å². The summed E-state index contributed by atoms with van der Waals surface area (Å²) in [5.74, 6) is 0. The van der Waals surface area contributed by atoms with Gasteiger partial charge in [-0.1, -0.05) is 30.9 Å². The Labute approximate surface area is 101 Å². The van der Waals surface area contributed by atoms with Crippen molar-refractivity contribution >= 4 is 23.4 Å². The predicted octanol–water partition coefficient (Wildman–Crippen LogP) is 5.07. The van der Waals surface area contributed by atoms with Crippen LogP contribution >= 0.6 is 23.4 Å². The molecule has 82 valence electrons. The average molecular weight is 241 g/mol. The summed E-state index contributed by atoms with van der Waals surface area (Å²) in [7, 11) is 0. The third-order valence-electron chi connectivity index (χ3n) is 2.87. The van der Waals surface area contributed by atoms with Crippen molar-refractivity contribution in [3.63, 3.8) is 0 Å². The molecule has 1 saturated carbocycles. The van der Waals surface area contributed by atoms with Crippen LogP contribution in [0.4, 0.5) is 0 Å². The van der Waals surface area contributed by atoms with Crippen molar-refractivity contribution in [2.45, 2.75) is 49.2 Å². The molecule has 0 N–H and O–H groups in total. The fourth-order valence-corrected chi connectivity index (χ4v) is 3.90. The van der Waals surface area contributed by atoms with Gasteiger partial charge in [0.2, 0.25) is 0 Å². The van der Waals surface area contributed by atoms with E-state index >= 15 is 0 Å². The maximum atomic E-state index is 6.05. The van der Waals surface area contributed by atoms with Gasteiger partial charge in [0.25, 0.3) is 0 Å². The van der Waals surface area contributed by atoms with E-state index in [1.807, 2.05) is 17.8 Å². The second-order valence-electron chi connectivity index (χ2n) is 4.34. The summed E-state index contributed by atoms with van der Waals surface area (Å²) in [4.78, 5) is 1.34. The number of hydrogen-bond acceptors (Lipinski definition) is 1. The first-order valence-electron chi connectivity index (χ1n) is 5.68. The minimum absolute atomic E-state index is 0.816. The molecule has 0 heterocycles. The Bertz CT molecular complexity index is 309. The van der Waals surface area contributed by atoms with Gasteiger partial charge in [-0.2, -0.15) is 0 Å². The monoisotopic (exact) mass is 240 g/mol. The first-order valence-corrected chi connectivity index (χ1v) is 6.93. The van der Waals surface area contributed by atoms with Crippen LogP contribution in [0.1, 0.15) is 37.7 Å². The summed E-state index contributed by atoms with van der Waals surface area (Å²) >= 11 is 8.06. The highest BCUT2D eigenvalue weighted by atomic mass is 35.5. The van der Waals surface area contributed by atoms with Crippen molar-refractivity contribution in [2.75, 3.05) is 0 Å². The molecule has 15 heavy (non-hydrogen) atoms. The first-order chi connectivity index (χ1) is 7.24. The molecule has 2 heteroatoms. The van der Waals surface area contributed by atoms with Crippen LogP contribution in [0, 0.1) is 6.92 Å². The number of benzene rings is 1. The normalized spacial score (nSPS) is 18.0. The third-order valence-corrected chi connectivity index (χ3v) is 4.40. The minimum Gasteiger partial charge on any atom is -0.123 e. The van der Waals surface area contributed by atoms with Crippen LogP contribution in [-0.2, 0) is 0 Å². The molecular weight excluding hydrogens is 224 g/mol. The maximum absolute atomic E-state index is 6.05. The molecule has 1 aliphatic rings. The van der Waals surface area contributed by atoms with Gasteiger partial charge in [-0.3, -0.25) is 0 Å². The van der Waals surface area contributed by atoms with E-state index in [1.165, 1.54) is 42.6 Å². The van der Waals surface area contributed by atoms with Crippen molar-refractivity contribution in [1.29, 1.82) is 0 Å². The smallest absolute Gasteiger partial charge is 0.0419 e. The second-order valence-corrected chi connectivity index (χ2v) is 6.15. The van der Waals surface area contributed by atoms with Gasteiger partial charge in [-0.15, -0.1) is 11.8 Å². The highest BCUT2D eigenvalue weighted by molar-refractivity contribution is 8.00. The fourth-order valence-electron chi connectivity index (χ4n) is 2.15. The Kier molecular flexibility index (Phi) is 3.99. The van der Waals surface area contributed by atoms with E-state index in [0.717, 1.165) is 10.3 Å². The van der Waals surface area contributed by atoms with Gasteiger partial charge in [-0.05, 0) is 43.5 Å². The Balaban J connectivity index is 2.02. The number of hydrogen-bond donors (Lipinski definition) is 0. The van der Waals surface area contributed by atoms with Crippen molar-refractivity contribution in [2.24, 2.45) is 0 Å². The molecule has 0 amide bonds. The molecule has 1 aromatic carbocycles. The van der Waals surface area contributed by atoms with Gasteiger partial charge in [0, 0.05) is 15.2 Å². The molecular formula is C13H17ClS. The number of halogens is 1. The van der Waals surface area contributed by atoms with Crippen molar-refractivity contribution in [3.05, 3.63) is 28.8 Å². The topological polar surface area (TPSA) is 0 Å². The molecule has 0 aromatic heterocycles. The summed E-state index contributed by atoms with van der Waals surface area (Å²) in [6, 6.07) is 6.35. The van der Waals surface area contributed by atoms with Crippen LogP contribution in [0.3, 0.4) is 0 Å². The van der Waals surface area contributed by atoms with Crippen molar-refractivity contribution in [3.8, 4) is 0 Å². The summed E-state index contributed by atoms with van der Waals surface area (Å²) in [6.45, 7) is 2.11. The van der Waals surface area contributed by atoms with Crippen LogP contribution in [0.15, 0.2) is 23.1 Å². The van der Waals surface area contributed by atoms with Crippen molar-refractivity contribution in [1.82, 2.24) is 0 Å². The molecule has 1 fully saturated rings. The van der Waals surface area contributed by atoms with E-state index in [-0.39, 0.29) is 0 Å². The number of aryl methyl sites for hydroxylation is 1. The quantitative estimate of drug-likeness (QED) is 0.695. The van der Waals surface area contributed by atoms with E-state index < -0.39 is 0 Å². The Hall–Kier alpha value is -0.140. The Morgan fingerprint density at radius 2 is 1.87 bits per heavy atom. The SMILES string of the molecule is Cc1cc(Cl)cc(SC2CCCCC2)c1. The zero-order valence-corrected chi connectivity index (χ0v) is 10.7.